The van der Waals surface area contributed by atoms with Crippen LogP contribution in [0.5, 0.6) is 5.75 Å². The Kier molecular flexibility index (Phi) is 10.2. The third-order valence-electron chi connectivity index (χ3n) is 7.72. The zero-order chi connectivity index (χ0) is 34.4. The van der Waals surface area contributed by atoms with Gasteiger partial charge in [-0.1, -0.05) is 30.3 Å². The van der Waals surface area contributed by atoms with E-state index in [4.69, 9.17) is 9.47 Å². The number of fused-ring (bicyclic) bond motifs is 1. The SMILES string of the molecule is CC(C)(C)OC(=O)N1C[C@@H](Oc2cccc(-c3cccn4nc(NCCCCNC(=O)c5ccccc5C(=O)O)cc34)c2)C[C@H]1C(=O)O. The molecule has 2 aromatic carbocycles. The number of aromatic carboxylic acids is 1. The summed E-state index contributed by atoms with van der Waals surface area (Å²) in [7, 11) is 0. The highest BCUT2D eigenvalue weighted by molar-refractivity contribution is 6.04. The zero-order valence-electron chi connectivity index (χ0n) is 27.0. The molecule has 1 saturated heterocycles. The lowest BCUT2D eigenvalue weighted by molar-refractivity contribution is -0.142. The molecular weight excluding hydrogens is 618 g/mol. The van der Waals surface area contributed by atoms with Gasteiger partial charge in [-0.25, -0.2) is 18.9 Å². The number of carbonyl (C=O) groups is 4. The van der Waals surface area contributed by atoms with E-state index < -0.39 is 41.7 Å². The Hall–Kier alpha value is -5.59. The molecule has 0 aliphatic carbocycles. The molecule has 0 radical (unpaired) electrons. The molecule has 13 nitrogen and oxygen atoms in total. The average Bonchev–Trinajstić information content (AvgIpc) is 3.66. The molecule has 3 heterocycles. The summed E-state index contributed by atoms with van der Waals surface area (Å²) in [4.78, 5) is 49.6. The number of hydrogen-bond acceptors (Lipinski definition) is 8. The molecule has 2 aromatic heterocycles. The number of nitrogens with one attached hydrogen (secondary N) is 2. The number of carboxylic acid groups (broad SMARTS) is 2. The number of benzene rings is 2. The van der Waals surface area contributed by atoms with Crippen LogP contribution in [0.2, 0.25) is 0 Å². The lowest BCUT2D eigenvalue weighted by atomic mass is 10.1. The molecule has 13 heteroatoms. The molecule has 1 aliphatic rings. The van der Waals surface area contributed by atoms with Crippen LogP contribution in [-0.2, 0) is 9.53 Å². The van der Waals surface area contributed by atoms with Gasteiger partial charge in [-0.05, 0) is 69.5 Å². The highest BCUT2D eigenvalue weighted by Gasteiger charge is 2.42. The number of pyridine rings is 1. The van der Waals surface area contributed by atoms with Gasteiger partial charge in [0.15, 0.2) is 0 Å². The van der Waals surface area contributed by atoms with Gasteiger partial charge < -0.3 is 30.3 Å². The molecule has 4 aromatic rings. The maximum absolute atomic E-state index is 12.7. The molecular formula is C35H39N5O8. The zero-order valence-corrected chi connectivity index (χ0v) is 27.0. The maximum atomic E-state index is 12.7. The number of amides is 2. The molecule has 0 saturated carbocycles. The van der Waals surface area contributed by atoms with Crippen LogP contribution >= 0.6 is 0 Å². The number of carboxylic acids is 2. The summed E-state index contributed by atoms with van der Waals surface area (Å²) in [6.07, 6.45) is 2.21. The minimum Gasteiger partial charge on any atom is -0.488 e. The van der Waals surface area contributed by atoms with Gasteiger partial charge in [0.2, 0.25) is 0 Å². The van der Waals surface area contributed by atoms with Crippen molar-refractivity contribution in [2.45, 2.75) is 57.8 Å². The van der Waals surface area contributed by atoms with Gasteiger partial charge >= 0.3 is 18.0 Å². The van der Waals surface area contributed by atoms with Crippen LogP contribution in [-0.4, -0.2) is 86.0 Å². The number of likely N-dealkylation sites (tertiary alicyclic amines) is 1. The summed E-state index contributed by atoms with van der Waals surface area (Å²) in [5.41, 5.74) is 2.01. The molecule has 48 heavy (non-hydrogen) atoms. The first kappa shape index (κ1) is 33.8. The van der Waals surface area contributed by atoms with E-state index in [9.17, 15) is 29.4 Å². The fraction of sp³-hybridized carbons (Fsp3) is 0.343. The van der Waals surface area contributed by atoms with Crippen LogP contribution in [0.4, 0.5) is 10.6 Å². The third kappa shape index (κ3) is 8.21. The van der Waals surface area contributed by atoms with Gasteiger partial charge in [-0.15, -0.1) is 0 Å². The summed E-state index contributed by atoms with van der Waals surface area (Å²) in [5, 5.41) is 29.8. The van der Waals surface area contributed by atoms with E-state index in [1.54, 1.807) is 43.5 Å². The van der Waals surface area contributed by atoms with Crippen LogP contribution in [0.15, 0.2) is 72.9 Å². The highest BCUT2D eigenvalue weighted by Crippen LogP contribution is 2.31. The lowest BCUT2D eigenvalue weighted by Crippen LogP contribution is -2.43. The van der Waals surface area contributed by atoms with Gasteiger partial charge in [0.1, 0.15) is 29.3 Å². The predicted octanol–water partition coefficient (Wildman–Crippen LogP) is 5.16. The van der Waals surface area contributed by atoms with Crippen molar-refractivity contribution >= 4 is 35.3 Å². The van der Waals surface area contributed by atoms with Gasteiger partial charge in [0.25, 0.3) is 5.91 Å². The molecule has 4 N–H and O–H groups in total. The minimum absolute atomic E-state index is 0.0311. The Morgan fingerprint density at radius 1 is 0.938 bits per heavy atom. The second-order valence-electron chi connectivity index (χ2n) is 12.5. The Morgan fingerprint density at radius 2 is 1.69 bits per heavy atom. The number of rotatable bonds is 12. The average molecular weight is 658 g/mol. The van der Waals surface area contributed by atoms with Crippen molar-refractivity contribution in [3.8, 4) is 16.9 Å². The Labute approximate surface area is 277 Å². The van der Waals surface area contributed by atoms with Crippen molar-refractivity contribution in [2.75, 3.05) is 25.0 Å². The fourth-order valence-electron chi connectivity index (χ4n) is 5.55. The van der Waals surface area contributed by atoms with Crippen molar-refractivity contribution in [3.05, 3.63) is 84.1 Å². The van der Waals surface area contributed by atoms with Crippen LogP contribution in [0.25, 0.3) is 16.6 Å². The van der Waals surface area contributed by atoms with Crippen molar-refractivity contribution < 1.29 is 38.9 Å². The van der Waals surface area contributed by atoms with Crippen molar-refractivity contribution in [1.82, 2.24) is 19.8 Å². The first-order chi connectivity index (χ1) is 22.9. The number of unbranched alkanes of at least 4 members (excludes halogenated alkanes) is 1. The molecule has 0 bridgehead atoms. The highest BCUT2D eigenvalue weighted by atomic mass is 16.6. The number of hydrogen-bond donors (Lipinski definition) is 4. The number of nitrogens with zero attached hydrogens (tertiary/aromatic N) is 3. The van der Waals surface area contributed by atoms with Crippen LogP contribution < -0.4 is 15.4 Å². The summed E-state index contributed by atoms with van der Waals surface area (Å²) in [6.45, 7) is 6.30. The Bertz CT molecular complexity index is 1810. The van der Waals surface area contributed by atoms with Gasteiger partial charge in [-0.2, -0.15) is 5.10 Å². The molecule has 0 spiro atoms. The molecule has 5 rings (SSSR count). The van der Waals surface area contributed by atoms with Crippen LogP contribution in [0.1, 0.15) is 60.7 Å². The van der Waals surface area contributed by atoms with Crippen LogP contribution in [0, 0.1) is 0 Å². The monoisotopic (exact) mass is 657 g/mol. The van der Waals surface area contributed by atoms with Gasteiger partial charge in [-0.3, -0.25) is 9.69 Å². The summed E-state index contributed by atoms with van der Waals surface area (Å²) in [5.74, 6) is -1.44. The quantitative estimate of drug-likeness (QED) is 0.149. The molecule has 2 atom stereocenters. The van der Waals surface area contributed by atoms with Crippen molar-refractivity contribution in [2.24, 2.45) is 0 Å². The third-order valence-corrected chi connectivity index (χ3v) is 7.72. The standard InChI is InChI=1S/C35H39N5O8/c1-35(2,3)48-34(46)39-21-24(19-29(39)33(44)45)47-23-11-8-10-22(18-23)25-14-9-17-40-28(25)20-30(38-40)36-15-6-7-16-37-31(41)26-12-4-5-13-27(26)32(42)43/h4-5,8-14,17-18,20,24,29H,6-7,15-16,19,21H2,1-3H3,(H,36,38)(H,37,41)(H,42,43)(H,44,45)/t24-,29-/m0/s1. The Morgan fingerprint density at radius 3 is 2.42 bits per heavy atom. The first-order valence-corrected chi connectivity index (χ1v) is 15.7. The normalized spacial score (nSPS) is 16.0. The summed E-state index contributed by atoms with van der Waals surface area (Å²) in [6, 6.07) is 18.4. The van der Waals surface area contributed by atoms with E-state index in [1.165, 1.54) is 17.0 Å². The molecule has 1 fully saturated rings. The van der Waals surface area contributed by atoms with E-state index in [0.29, 0.717) is 31.1 Å². The van der Waals surface area contributed by atoms with E-state index in [1.807, 2.05) is 42.6 Å². The topological polar surface area (TPSA) is 172 Å². The smallest absolute Gasteiger partial charge is 0.411 e. The summed E-state index contributed by atoms with van der Waals surface area (Å²) < 4.78 is 13.4. The number of anilines is 1. The maximum Gasteiger partial charge on any atom is 0.411 e. The molecule has 2 amide bonds. The summed E-state index contributed by atoms with van der Waals surface area (Å²) >= 11 is 0. The minimum atomic E-state index is -1.14. The largest absolute Gasteiger partial charge is 0.488 e. The second-order valence-corrected chi connectivity index (χ2v) is 12.5. The molecule has 1 aliphatic heterocycles. The first-order valence-electron chi connectivity index (χ1n) is 15.7. The lowest BCUT2D eigenvalue weighted by Gasteiger charge is -2.26. The predicted molar refractivity (Wildman–Crippen MR) is 177 cm³/mol. The number of aromatic nitrogens is 2. The number of ether oxygens (including phenoxy) is 2. The number of carbonyl (C=O) groups excluding carboxylic acids is 2. The van der Waals surface area contributed by atoms with Crippen LogP contribution in [0.3, 0.4) is 0 Å². The molecule has 0 unspecified atom stereocenters. The van der Waals surface area contributed by atoms with E-state index in [-0.39, 0.29) is 24.1 Å². The molecule has 252 valence electrons. The number of aliphatic carboxylic acids is 1. The Balaban J connectivity index is 1.17. The van der Waals surface area contributed by atoms with E-state index >= 15 is 0 Å². The van der Waals surface area contributed by atoms with E-state index in [2.05, 4.69) is 15.7 Å². The van der Waals surface area contributed by atoms with Gasteiger partial charge in [0.05, 0.1) is 23.2 Å². The van der Waals surface area contributed by atoms with Crippen molar-refractivity contribution in [3.63, 3.8) is 0 Å². The van der Waals surface area contributed by atoms with Crippen molar-refractivity contribution in [1.29, 1.82) is 0 Å². The van der Waals surface area contributed by atoms with Gasteiger partial charge in [0, 0.05) is 37.3 Å². The fourth-order valence-corrected chi connectivity index (χ4v) is 5.55. The van der Waals surface area contributed by atoms with E-state index in [0.717, 1.165) is 23.1 Å². The second kappa shape index (κ2) is 14.4.